The number of nitrogens with one attached hydrogen (secondary N) is 1. The van der Waals surface area contributed by atoms with E-state index in [1.54, 1.807) is 18.1 Å². The van der Waals surface area contributed by atoms with Gasteiger partial charge in [0.05, 0.1) is 6.04 Å². The lowest BCUT2D eigenvalue weighted by Crippen LogP contribution is -2.51. The van der Waals surface area contributed by atoms with Gasteiger partial charge in [0, 0.05) is 18.1 Å². The number of hydrogen-bond donors (Lipinski definition) is 1. The highest BCUT2D eigenvalue weighted by atomic mass is 32.1. The summed E-state index contributed by atoms with van der Waals surface area (Å²) in [6, 6.07) is 8.96. The number of likely N-dealkylation sites (N-methyl/N-ethyl adjacent to an activating group) is 1. The first-order valence-corrected chi connectivity index (χ1v) is 8.03. The third-order valence-corrected chi connectivity index (χ3v) is 4.56. The fourth-order valence-electron chi connectivity index (χ4n) is 2.57. The maximum atomic E-state index is 12.6. The summed E-state index contributed by atoms with van der Waals surface area (Å²) in [6.45, 7) is 1.82. The first kappa shape index (κ1) is 15.6. The zero-order valence-electron chi connectivity index (χ0n) is 12.9. The van der Waals surface area contributed by atoms with Crippen LogP contribution in [0.2, 0.25) is 0 Å². The van der Waals surface area contributed by atoms with Crippen molar-refractivity contribution >= 4 is 28.3 Å². The Morgan fingerprint density at radius 1 is 1.39 bits per heavy atom. The molecule has 6 nitrogen and oxygen atoms in total. The number of thiazole rings is 1. The Bertz CT molecular complexity index is 716. The van der Waals surface area contributed by atoms with Crippen LogP contribution in [0.3, 0.4) is 0 Å². The van der Waals surface area contributed by atoms with Crippen molar-refractivity contribution in [3.63, 3.8) is 0 Å². The van der Waals surface area contributed by atoms with Crippen molar-refractivity contribution in [3.05, 3.63) is 47.0 Å². The Balaban J connectivity index is 1.85. The number of anilines is 1. The van der Waals surface area contributed by atoms with E-state index >= 15 is 0 Å². The van der Waals surface area contributed by atoms with Crippen LogP contribution >= 0.6 is 11.3 Å². The molecule has 0 radical (unpaired) electrons. The van der Waals surface area contributed by atoms with Crippen LogP contribution in [0.15, 0.2) is 36.5 Å². The molecule has 2 amide bonds. The molecular formula is C16H17N3O3S. The lowest BCUT2D eigenvalue weighted by Gasteiger charge is -2.38. The minimum Gasteiger partial charge on any atom is -0.356 e. The second-order valence-corrected chi connectivity index (χ2v) is 6.59. The molecule has 1 fully saturated rings. The maximum absolute atomic E-state index is 12.6. The Labute approximate surface area is 138 Å². The van der Waals surface area contributed by atoms with Gasteiger partial charge in [-0.2, -0.15) is 0 Å². The Hall–Kier alpha value is -2.25. The zero-order chi connectivity index (χ0) is 16.4. The topological polar surface area (TPSA) is 71.5 Å². The molecule has 1 aliphatic heterocycles. The smallest absolute Gasteiger partial charge is 0.257 e. The summed E-state index contributed by atoms with van der Waals surface area (Å²) < 4.78 is 5.54. The first-order valence-electron chi connectivity index (χ1n) is 7.22. The standard InChI is InChI=1S/C16H17N3O3S/c1-10-8-17-16(23-10)18-15(21)14-13(11-6-4-3-5-7-11)19(2)12(20)9-22-14/h3-8,13-14H,9H2,1-2H3,(H,17,18,21)/t13-,14-/m0/s1. The number of morpholine rings is 1. The van der Waals surface area contributed by atoms with E-state index in [0.29, 0.717) is 5.13 Å². The highest BCUT2D eigenvalue weighted by Gasteiger charge is 2.40. The van der Waals surface area contributed by atoms with Crippen LogP contribution in [0.25, 0.3) is 0 Å². The summed E-state index contributed by atoms with van der Waals surface area (Å²) in [7, 11) is 1.69. The fraction of sp³-hybridized carbons (Fsp3) is 0.312. The van der Waals surface area contributed by atoms with Crippen molar-refractivity contribution in [3.8, 4) is 0 Å². The quantitative estimate of drug-likeness (QED) is 0.934. The van der Waals surface area contributed by atoms with E-state index in [9.17, 15) is 9.59 Å². The number of aromatic nitrogens is 1. The molecule has 1 saturated heterocycles. The molecular weight excluding hydrogens is 314 g/mol. The van der Waals surface area contributed by atoms with Gasteiger partial charge in [-0.25, -0.2) is 4.98 Å². The van der Waals surface area contributed by atoms with E-state index in [-0.39, 0.29) is 18.4 Å². The second-order valence-electron chi connectivity index (χ2n) is 5.36. The average molecular weight is 331 g/mol. The van der Waals surface area contributed by atoms with E-state index in [2.05, 4.69) is 10.3 Å². The molecule has 1 aromatic carbocycles. The summed E-state index contributed by atoms with van der Waals surface area (Å²) in [5.74, 6) is -0.444. The monoisotopic (exact) mass is 331 g/mol. The molecule has 2 heterocycles. The average Bonchev–Trinajstić information content (AvgIpc) is 2.95. The van der Waals surface area contributed by atoms with Crippen LogP contribution in [0, 0.1) is 6.92 Å². The van der Waals surface area contributed by atoms with E-state index in [0.717, 1.165) is 10.4 Å². The number of carbonyl (C=O) groups excluding carboxylic acids is 2. The van der Waals surface area contributed by atoms with Crippen molar-refractivity contribution in [2.75, 3.05) is 19.0 Å². The molecule has 2 atom stereocenters. The van der Waals surface area contributed by atoms with E-state index in [1.807, 2.05) is 37.3 Å². The molecule has 1 N–H and O–H groups in total. The van der Waals surface area contributed by atoms with Crippen molar-refractivity contribution in [2.45, 2.75) is 19.1 Å². The molecule has 0 unspecified atom stereocenters. The van der Waals surface area contributed by atoms with Crippen LogP contribution < -0.4 is 5.32 Å². The number of carbonyl (C=O) groups is 2. The number of hydrogen-bond acceptors (Lipinski definition) is 5. The zero-order valence-corrected chi connectivity index (χ0v) is 13.7. The Kier molecular flexibility index (Phi) is 4.40. The molecule has 0 aliphatic carbocycles. The van der Waals surface area contributed by atoms with Crippen molar-refractivity contribution in [1.29, 1.82) is 0 Å². The maximum Gasteiger partial charge on any atom is 0.257 e. The highest BCUT2D eigenvalue weighted by molar-refractivity contribution is 7.15. The third kappa shape index (κ3) is 3.25. The first-order chi connectivity index (χ1) is 11.1. The van der Waals surface area contributed by atoms with Crippen LogP contribution in [-0.2, 0) is 14.3 Å². The van der Waals surface area contributed by atoms with Gasteiger partial charge in [-0.15, -0.1) is 11.3 Å². The largest absolute Gasteiger partial charge is 0.356 e. The molecule has 1 aromatic heterocycles. The van der Waals surface area contributed by atoms with E-state index in [1.165, 1.54) is 11.3 Å². The number of benzene rings is 1. The summed E-state index contributed by atoms with van der Waals surface area (Å²) in [5.41, 5.74) is 0.860. The minimum atomic E-state index is -0.774. The van der Waals surface area contributed by atoms with Gasteiger partial charge >= 0.3 is 0 Å². The van der Waals surface area contributed by atoms with Crippen LogP contribution in [0.5, 0.6) is 0 Å². The summed E-state index contributed by atoms with van der Waals surface area (Å²) in [4.78, 5) is 31.3. The summed E-state index contributed by atoms with van der Waals surface area (Å²) >= 11 is 1.40. The van der Waals surface area contributed by atoms with Gasteiger partial charge in [0.15, 0.2) is 11.2 Å². The number of amides is 2. The van der Waals surface area contributed by atoms with Crippen LogP contribution in [0.1, 0.15) is 16.5 Å². The number of ether oxygens (including phenoxy) is 1. The molecule has 1 aliphatic rings. The van der Waals surface area contributed by atoms with Gasteiger partial charge in [0.2, 0.25) is 5.91 Å². The SMILES string of the molecule is Cc1cnc(NC(=O)[C@H]2OCC(=O)N(C)[C@H]2c2ccccc2)s1. The predicted molar refractivity (Wildman–Crippen MR) is 87.2 cm³/mol. The molecule has 120 valence electrons. The van der Waals surface area contributed by atoms with Gasteiger partial charge in [-0.1, -0.05) is 30.3 Å². The Morgan fingerprint density at radius 3 is 2.78 bits per heavy atom. The number of nitrogens with zero attached hydrogens (tertiary/aromatic N) is 2. The van der Waals surface area contributed by atoms with Crippen molar-refractivity contribution in [2.24, 2.45) is 0 Å². The molecule has 23 heavy (non-hydrogen) atoms. The number of rotatable bonds is 3. The lowest BCUT2D eigenvalue weighted by molar-refractivity contribution is -0.160. The third-order valence-electron chi connectivity index (χ3n) is 3.73. The van der Waals surface area contributed by atoms with Gasteiger partial charge in [0.25, 0.3) is 5.91 Å². The normalized spacial score (nSPS) is 21.3. The molecule has 0 saturated carbocycles. The van der Waals surface area contributed by atoms with Crippen LogP contribution in [0.4, 0.5) is 5.13 Å². The van der Waals surface area contributed by atoms with Gasteiger partial charge in [0.1, 0.15) is 6.61 Å². The van der Waals surface area contributed by atoms with Gasteiger partial charge in [-0.3, -0.25) is 14.9 Å². The molecule has 2 aromatic rings. The molecule has 0 bridgehead atoms. The van der Waals surface area contributed by atoms with Crippen LogP contribution in [-0.4, -0.2) is 41.5 Å². The summed E-state index contributed by atoms with van der Waals surface area (Å²) in [5, 5.41) is 3.30. The second kappa shape index (κ2) is 6.47. The van der Waals surface area contributed by atoms with Gasteiger partial charge in [-0.05, 0) is 12.5 Å². The Morgan fingerprint density at radius 2 is 2.13 bits per heavy atom. The lowest BCUT2D eigenvalue weighted by atomic mass is 9.98. The molecule has 7 heteroatoms. The van der Waals surface area contributed by atoms with Crippen molar-refractivity contribution in [1.82, 2.24) is 9.88 Å². The number of aryl methyl sites for hydroxylation is 1. The van der Waals surface area contributed by atoms with E-state index < -0.39 is 12.1 Å². The fourth-order valence-corrected chi connectivity index (χ4v) is 3.24. The molecule has 3 rings (SSSR count). The predicted octanol–water partition coefficient (Wildman–Crippen LogP) is 1.99. The van der Waals surface area contributed by atoms with Gasteiger partial charge < -0.3 is 9.64 Å². The highest BCUT2D eigenvalue weighted by Crippen LogP contribution is 2.30. The van der Waals surface area contributed by atoms with Crippen molar-refractivity contribution < 1.29 is 14.3 Å². The summed E-state index contributed by atoms with van der Waals surface area (Å²) in [6.07, 6.45) is 0.927. The molecule has 0 spiro atoms. The minimum absolute atomic E-state index is 0.102. The van der Waals surface area contributed by atoms with E-state index in [4.69, 9.17) is 4.74 Å².